The molecule has 2 heterocycles. The van der Waals surface area contributed by atoms with Crippen molar-refractivity contribution in [3.63, 3.8) is 0 Å². The molecule has 0 radical (unpaired) electrons. The number of hydrogen-bond acceptors (Lipinski definition) is 0. The highest BCUT2D eigenvalue weighted by Gasteiger charge is 2.34. The lowest BCUT2D eigenvalue weighted by Gasteiger charge is -2.28. The van der Waals surface area contributed by atoms with Gasteiger partial charge >= 0.3 is 0 Å². The predicted molar refractivity (Wildman–Crippen MR) is 103 cm³/mol. The Morgan fingerprint density at radius 1 is 0.667 bits per heavy atom. The largest absolute Gasteiger partial charge is 0.0899 e. The molecular weight excluding hydrogens is 290 g/mol. The van der Waals surface area contributed by atoms with Gasteiger partial charge in [-0.15, -0.1) is 0 Å². The molecule has 0 aromatic rings. The Morgan fingerprint density at radius 3 is 1.24 bits per heavy atom. The molecule has 2 atom stereocenters. The molecule has 0 nitrogen and oxygen atoms in total. The van der Waals surface area contributed by atoms with Crippen molar-refractivity contribution in [2.24, 2.45) is 0 Å². The minimum Gasteiger partial charge on any atom is -0.0899 e. The van der Waals surface area contributed by atoms with Crippen molar-refractivity contribution in [1.82, 2.24) is 0 Å². The van der Waals surface area contributed by atoms with Crippen LogP contribution in [0.15, 0.2) is 22.3 Å². The number of allylic oxidation sites excluding steroid dienone is 4. The Hall–Kier alpha value is -0.180. The van der Waals surface area contributed by atoms with E-state index in [1.165, 1.54) is 19.3 Å². The summed E-state index contributed by atoms with van der Waals surface area (Å²) in [6.45, 7) is 18.8. The highest BCUT2D eigenvalue weighted by molar-refractivity contribution is 7.44. The quantitative estimate of drug-likeness (QED) is 0.509. The van der Waals surface area contributed by atoms with Crippen LogP contribution in [0.3, 0.4) is 0 Å². The molecule has 0 aromatic heterocycles. The van der Waals surface area contributed by atoms with Crippen molar-refractivity contribution in [2.75, 3.05) is 0 Å². The van der Waals surface area contributed by atoms with Gasteiger partial charge in [-0.05, 0) is 90.0 Å². The molecular formula is C19H30P2. The first-order chi connectivity index (χ1) is 9.61. The zero-order valence-corrected chi connectivity index (χ0v) is 16.8. The second-order valence-corrected chi connectivity index (χ2v) is 11.1. The summed E-state index contributed by atoms with van der Waals surface area (Å²) in [5, 5.41) is 3.95. The van der Waals surface area contributed by atoms with E-state index in [1.807, 2.05) is 0 Å². The second kappa shape index (κ2) is 5.79. The number of rotatable bonds is 4. The van der Waals surface area contributed by atoms with Crippen molar-refractivity contribution >= 4 is 27.0 Å². The first-order valence-electron chi connectivity index (χ1n) is 8.10. The SMILES string of the molecule is CC1=PC(C)(CCCC2(C)P=C(C)C(C)=C2C)C(C)=C1C. The van der Waals surface area contributed by atoms with E-state index in [0.717, 1.165) is 0 Å². The van der Waals surface area contributed by atoms with Gasteiger partial charge in [-0.3, -0.25) is 0 Å². The summed E-state index contributed by atoms with van der Waals surface area (Å²) in [4.78, 5) is 0. The van der Waals surface area contributed by atoms with Crippen LogP contribution in [0.1, 0.15) is 74.7 Å². The van der Waals surface area contributed by atoms with E-state index in [0.29, 0.717) is 10.3 Å². The summed E-state index contributed by atoms with van der Waals surface area (Å²) >= 11 is 0. The standard InChI is InChI=1S/C19H30P2/c1-12-14(3)18(7,20-16(12)5)10-9-11-19(8)15(4)13(2)17(6)21-19/h9-11H2,1-8H3. The smallest absolute Gasteiger partial charge is 0.0307 e. The zero-order chi connectivity index (χ0) is 16.0. The monoisotopic (exact) mass is 320 g/mol. The van der Waals surface area contributed by atoms with Gasteiger partial charge in [0.15, 0.2) is 0 Å². The Labute approximate surface area is 134 Å². The molecule has 2 rings (SSSR count). The molecule has 0 N–H and O–H groups in total. The topological polar surface area (TPSA) is 0 Å². The maximum absolute atomic E-state index is 2.46. The van der Waals surface area contributed by atoms with Crippen LogP contribution in [-0.4, -0.2) is 20.9 Å². The van der Waals surface area contributed by atoms with Gasteiger partial charge in [-0.2, -0.15) is 0 Å². The van der Waals surface area contributed by atoms with Crippen molar-refractivity contribution in [1.29, 1.82) is 0 Å². The van der Waals surface area contributed by atoms with Crippen LogP contribution in [0, 0.1) is 0 Å². The van der Waals surface area contributed by atoms with Gasteiger partial charge in [-0.1, -0.05) is 34.0 Å². The summed E-state index contributed by atoms with van der Waals surface area (Å²) < 4.78 is 0. The molecule has 116 valence electrons. The zero-order valence-electron chi connectivity index (χ0n) is 15.0. The van der Waals surface area contributed by atoms with Gasteiger partial charge in [0.05, 0.1) is 0 Å². The fraction of sp³-hybridized carbons (Fsp3) is 0.684. The Kier molecular flexibility index (Phi) is 4.74. The normalized spacial score (nSPS) is 34.5. The van der Waals surface area contributed by atoms with Crippen LogP contribution in [-0.2, 0) is 0 Å². The summed E-state index contributed by atoms with van der Waals surface area (Å²) in [6.07, 6.45) is 3.99. The van der Waals surface area contributed by atoms with Crippen LogP contribution in [0.25, 0.3) is 0 Å². The second-order valence-electron chi connectivity index (χ2n) is 7.30. The van der Waals surface area contributed by atoms with Crippen LogP contribution in [0.5, 0.6) is 0 Å². The molecule has 21 heavy (non-hydrogen) atoms. The fourth-order valence-electron chi connectivity index (χ4n) is 3.69. The predicted octanol–water partition coefficient (Wildman–Crippen LogP) is 6.65. The third-order valence-electron chi connectivity index (χ3n) is 5.98. The average molecular weight is 320 g/mol. The summed E-state index contributed by atoms with van der Waals surface area (Å²) in [6, 6.07) is 0. The first kappa shape index (κ1) is 17.2. The minimum atomic E-state index is 0.394. The van der Waals surface area contributed by atoms with E-state index in [4.69, 9.17) is 0 Å². The molecule has 2 aliphatic rings. The Morgan fingerprint density at radius 2 is 1.00 bits per heavy atom. The molecule has 0 spiro atoms. The van der Waals surface area contributed by atoms with Gasteiger partial charge in [-0.25, -0.2) is 0 Å². The van der Waals surface area contributed by atoms with Crippen molar-refractivity contribution in [2.45, 2.75) is 85.0 Å². The summed E-state index contributed by atoms with van der Waals surface area (Å²) in [5.41, 5.74) is 6.37. The molecule has 0 amide bonds. The molecule has 0 fully saturated rings. The van der Waals surface area contributed by atoms with Gasteiger partial charge in [0.25, 0.3) is 0 Å². The van der Waals surface area contributed by atoms with Gasteiger partial charge in [0, 0.05) is 10.3 Å². The summed E-state index contributed by atoms with van der Waals surface area (Å²) in [5.74, 6) is 0. The van der Waals surface area contributed by atoms with Crippen molar-refractivity contribution in [3.8, 4) is 0 Å². The van der Waals surface area contributed by atoms with E-state index in [2.05, 4.69) is 55.4 Å². The highest BCUT2D eigenvalue weighted by atomic mass is 31.1. The fourth-order valence-corrected chi connectivity index (χ4v) is 7.05. The molecule has 2 aliphatic heterocycles. The third kappa shape index (κ3) is 3.00. The Bertz CT molecular complexity index is 537. The first-order valence-corrected chi connectivity index (χ1v) is 9.89. The van der Waals surface area contributed by atoms with Crippen molar-refractivity contribution < 1.29 is 0 Å². The third-order valence-corrected chi connectivity index (χ3v) is 9.43. The van der Waals surface area contributed by atoms with Gasteiger partial charge in [0.2, 0.25) is 0 Å². The maximum atomic E-state index is 2.46. The van der Waals surface area contributed by atoms with Crippen LogP contribution >= 0.6 is 16.4 Å². The molecule has 0 saturated heterocycles. The number of hydrogen-bond donors (Lipinski definition) is 0. The molecule has 2 unspecified atom stereocenters. The lowest BCUT2D eigenvalue weighted by atomic mass is 9.87. The Balaban J connectivity index is 2.04. The summed E-state index contributed by atoms with van der Waals surface area (Å²) in [7, 11) is 3.09. The lowest BCUT2D eigenvalue weighted by molar-refractivity contribution is 0.548. The maximum Gasteiger partial charge on any atom is 0.0307 e. The van der Waals surface area contributed by atoms with Crippen LogP contribution in [0.2, 0.25) is 0 Å². The van der Waals surface area contributed by atoms with E-state index < -0.39 is 0 Å². The van der Waals surface area contributed by atoms with Crippen LogP contribution < -0.4 is 0 Å². The average Bonchev–Trinajstić information content (AvgIpc) is 2.71. The molecule has 2 heteroatoms. The van der Waals surface area contributed by atoms with Crippen molar-refractivity contribution in [3.05, 3.63) is 22.3 Å². The van der Waals surface area contributed by atoms with Gasteiger partial charge in [0.1, 0.15) is 0 Å². The molecule has 0 bridgehead atoms. The van der Waals surface area contributed by atoms with E-state index in [9.17, 15) is 0 Å². The van der Waals surface area contributed by atoms with E-state index in [1.54, 1.807) is 49.3 Å². The van der Waals surface area contributed by atoms with Gasteiger partial charge < -0.3 is 0 Å². The van der Waals surface area contributed by atoms with E-state index >= 15 is 0 Å². The van der Waals surface area contributed by atoms with E-state index in [-0.39, 0.29) is 0 Å². The highest BCUT2D eigenvalue weighted by Crippen LogP contribution is 2.48. The molecule has 0 aromatic carbocycles. The minimum absolute atomic E-state index is 0.394. The molecule has 0 aliphatic carbocycles. The lowest BCUT2D eigenvalue weighted by Crippen LogP contribution is -2.21. The van der Waals surface area contributed by atoms with Crippen LogP contribution in [0.4, 0.5) is 0 Å². The molecule has 0 saturated carbocycles.